The molecule has 3 rings (SSSR count). The van der Waals surface area contributed by atoms with E-state index in [2.05, 4.69) is 27.0 Å². The van der Waals surface area contributed by atoms with Gasteiger partial charge < -0.3 is 9.88 Å². The number of aromatic nitrogens is 3. The molecular formula is C15H20N4OS2. The minimum absolute atomic E-state index is 0.0970. The van der Waals surface area contributed by atoms with Crippen LogP contribution in [0.25, 0.3) is 0 Å². The maximum absolute atomic E-state index is 12.0. The molecule has 0 unspecified atom stereocenters. The molecule has 0 saturated heterocycles. The van der Waals surface area contributed by atoms with Gasteiger partial charge in [-0.2, -0.15) is 0 Å². The van der Waals surface area contributed by atoms with Crippen molar-refractivity contribution in [1.29, 1.82) is 0 Å². The number of thiophene rings is 1. The fraction of sp³-hybridized carbons (Fsp3) is 0.533. The van der Waals surface area contributed by atoms with Gasteiger partial charge in [0.05, 0.1) is 5.75 Å². The van der Waals surface area contributed by atoms with E-state index in [1.807, 2.05) is 17.7 Å². The number of rotatable bonds is 6. The molecule has 0 aromatic carbocycles. The fourth-order valence-corrected chi connectivity index (χ4v) is 4.11. The Labute approximate surface area is 138 Å². The molecule has 0 atom stereocenters. The second kappa shape index (κ2) is 7.28. The summed E-state index contributed by atoms with van der Waals surface area (Å²) in [4.78, 5) is 13.2. The van der Waals surface area contributed by atoms with Gasteiger partial charge in [-0.3, -0.25) is 4.79 Å². The van der Waals surface area contributed by atoms with Crippen molar-refractivity contribution in [1.82, 2.24) is 20.1 Å². The zero-order chi connectivity index (χ0) is 15.4. The predicted molar refractivity (Wildman–Crippen MR) is 89.3 cm³/mol. The van der Waals surface area contributed by atoms with Gasteiger partial charge in [0.2, 0.25) is 5.91 Å². The maximum atomic E-state index is 12.0. The van der Waals surface area contributed by atoms with Gasteiger partial charge in [0.1, 0.15) is 5.82 Å². The lowest BCUT2D eigenvalue weighted by molar-refractivity contribution is -0.119. The molecule has 1 aliphatic carbocycles. The summed E-state index contributed by atoms with van der Waals surface area (Å²) in [5, 5.41) is 14.4. The first-order valence-electron chi connectivity index (χ1n) is 7.55. The first-order valence-corrected chi connectivity index (χ1v) is 9.41. The molecule has 1 fully saturated rings. The molecule has 1 amide bonds. The summed E-state index contributed by atoms with van der Waals surface area (Å²) in [6, 6.07) is 4.52. The van der Waals surface area contributed by atoms with Crippen molar-refractivity contribution in [2.45, 2.75) is 43.3 Å². The predicted octanol–water partition coefficient (Wildman–Crippen LogP) is 2.62. The van der Waals surface area contributed by atoms with Crippen LogP contribution >= 0.6 is 23.1 Å². The molecule has 7 heteroatoms. The van der Waals surface area contributed by atoms with Crippen molar-refractivity contribution < 1.29 is 4.79 Å². The minimum Gasteiger partial charge on any atom is -0.353 e. The highest BCUT2D eigenvalue weighted by molar-refractivity contribution is 7.99. The molecule has 1 aliphatic rings. The summed E-state index contributed by atoms with van der Waals surface area (Å²) in [6.45, 7) is 0. The Bertz CT molecular complexity index is 618. The molecule has 118 valence electrons. The molecule has 2 aromatic rings. The molecule has 0 radical (unpaired) electrons. The van der Waals surface area contributed by atoms with Crippen LogP contribution in [-0.2, 0) is 18.3 Å². The molecule has 2 aromatic heterocycles. The Kier molecular flexibility index (Phi) is 5.15. The van der Waals surface area contributed by atoms with Crippen molar-refractivity contribution in [3.63, 3.8) is 0 Å². The van der Waals surface area contributed by atoms with Crippen LogP contribution in [0.15, 0.2) is 22.7 Å². The lowest BCUT2D eigenvalue weighted by atomic mass is 10.2. The van der Waals surface area contributed by atoms with E-state index >= 15 is 0 Å². The molecule has 2 heterocycles. The molecule has 5 nitrogen and oxygen atoms in total. The van der Waals surface area contributed by atoms with Gasteiger partial charge in [-0.25, -0.2) is 0 Å². The zero-order valence-electron chi connectivity index (χ0n) is 12.6. The highest BCUT2D eigenvalue weighted by Crippen LogP contribution is 2.20. The maximum Gasteiger partial charge on any atom is 0.230 e. The lowest BCUT2D eigenvalue weighted by Gasteiger charge is -2.11. The molecular weight excluding hydrogens is 316 g/mol. The van der Waals surface area contributed by atoms with E-state index in [-0.39, 0.29) is 5.91 Å². The number of carbonyl (C=O) groups excluding carboxylic acids is 1. The second-order valence-corrected chi connectivity index (χ2v) is 7.53. The Morgan fingerprint density at radius 1 is 1.45 bits per heavy atom. The third-order valence-corrected chi connectivity index (χ3v) is 5.79. The monoisotopic (exact) mass is 336 g/mol. The van der Waals surface area contributed by atoms with Crippen molar-refractivity contribution in [3.8, 4) is 0 Å². The van der Waals surface area contributed by atoms with E-state index in [9.17, 15) is 4.79 Å². The van der Waals surface area contributed by atoms with Crippen LogP contribution in [0.3, 0.4) is 0 Å². The van der Waals surface area contributed by atoms with Gasteiger partial charge in [0, 0.05) is 24.4 Å². The number of hydrogen-bond donors (Lipinski definition) is 1. The van der Waals surface area contributed by atoms with Crippen LogP contribution in [0.5, 0.6) is 0 Å². The van der Waals surface area contributed by atoms with Gasteiger partial charge in [0.25, 0.3) is 0 Å². The number of carbonyl (C=O) groups is 1. The highest BCUT2D eigenvalue weighted by Gasteiger charge is 2.18. The van der Waals surface area contributed by atoms with Gasteiger partial charge in [0.15, 0.2) is 5.16 Å². The number of nitrogens with one attached hydrogen (secondary N) is 1. The number of thioether (sulfide) groups is 1. The van der Waals surface area contributed by atoms with Gasteiger partial charge >= 0.3 is 0 Å². The Balaban J connectivity index is 1.52. The van der Waals surface area contributed by atoms with Gasteiger partial charge in [-0.05, 0) is 24.3 Å². The van der Waals surface area contributed by atoms with E-state index in [0.29, 0.717) is 11.8 Å². The normalized spacial score (nSPS) is 15.3. The minimum atomic E-state index is 0.0970. The standard InChI is InChI=1S/C15H20N4OS2/c1-19-13(9-12-7-4-8-21-12)17-18-15(19)22-10-14(20)16-11-5-2-3-6-11/h4,7-8,11H,2-3,5-6,9-10H2,1H3,(H,16,20). The van der Waals surface area contributed by atoms with Gasteiger partial charge in [-0.1, -0.05) is 30.7 Å². The quantitative estimate of drug-likeness (QED) is 0.824. The van der Waals surface area contributed by atoms with E-state index in [1.54, 1.807) is 11.3 Å². The summed E-state index contributed by atoms with van der Waals surface area (Å²) in [5.74, 6) is 1.43. The van der Waals surface area contributed by atoms with Crippen molar-refractivity contribution in [3.05, 3.63) is 28.2 Å². The Hall–Kier alpha value is -1.34. The first kappa shape index (κ1) is 15.6. The van der Waals surface area contributed by atoms with Crippen molar-refractivity contribution in [2.75, 3.05) is 5.75 Å². The lowest BCUT2D eigenvalue weighted by Crippen LogP contribution is -2.33. The molecule has 0 spiro atoms. The van der Waals surface area contributed by atoms with Gasteiger partial charge in [-0.15, -0.1) is 21.5 Å². The summed E-state index contributed by atoms with van der Waals surface area (Å²) in [5.41, 5.74) is 0. The summed E-state index contributed by atoms with van der Waals surface area (Å²) in [7, 11) is 1.96. The molecule has 1 N–H and O–H groups in total. The van der Waals surface area contributed by atoms with Crippen LogP contribution in [0, 0.1) is 0 Å². The van der Waals surface area contributed by atoms with Crippen LogP contribution in [0.1, 0.15) is 36.4 Å². The van der Waals surface area contributed by atoms with Crippen LogP contribution in [0.4, 0.5) is 0 Å². The van der Waals surface area contributed by atoms with E-state index < -0.39 is 0 Å². The number of hydrogen-bond acceptors (Lipinski definition) is 5. The van der Waals surface area contributed by atoms with Crippen LogP contribution in [-0.4, -0.2) is 32.5 Å². The molecule has 0 aliphatic heterocycles. The van der Waals surface area contributed by atoms with Crippen LogP contribution in [0.2, 0.25) is 0 Å². The molecule has 22 heavy (non-hydrogen) atoms. The highest BCUT2D eigenvalue weighted by atomic mass is 32.2. The summed E-state index contributed by atoms with van der Waals surface area (Å²) < 4.78 is 1.98. The Morgan fingerprint density at radius 2 is 2.27 bits per heavy atom. The zero-order valence-corrected chi connectivity index (χ0v) is 14.3. The summed E-state index contributed by atoms with van der Waals surface area (Å²) >= 11 is 3.17. The van der Waals surface area contributed by atoms with E-state index in [4.69, 9.17) is 0 Å². The average Bonchev–Trinajstić information content (AvgIpc) is 3.23. The Morgan fingerprint density at radius 3 is 3.00 bits per heavy atom. The smallest absolute Gasteiger partial charge is 0.230 e. The number of amides is 1. The fourth-order valence-electron chi connectivity index (χ4n) is 2.66. The third-order valence-electron chi connectivity index (χ3n) is 3.89. The van der Waals surface area contributed by atoms with E-state index in [1.165, 1.54) is 29.5 Å². The topological polar surface area (TPSA) is 59.8 Å². The van der Waals surface area contributed by atoms with E-state index in [0.717, 1.165) is 30.2 Å². The number of nitrogens with zero attached hydrogens (tertiary/aromatic N) is 3. The average molecular weight is 336 g/mol. The SMILES string of the molecule is Cn1c(Cc2cccs2)nnc1SCC(=O)NC1CCCC1. The molecule has 1 saturated carbocycles. The van der Waals surface area contributed by atoms with Crippen LogP contribution < -0.4 is 5.32 Å². The first-order chi connectivity index (χ1) is 10.7. The second-order valence-electron chi connectivity index (χ2n) is 5.55. The third kappa shape index (κ3) is 3.89. The largest absolute Gasteiger partial charge is 0.353 e. The molecule has 0 bridgehead atoms. The van der Waals surface area contributed by atoms with Crippen molar-refractivity contribution >= 4 is 29.0 Å². The summed E-state index contributed by atoms with van der Waals surface area (Å²) in [6.07, 6.45) is 5.48. The van der Waals surface area contributed by atoms with Crippen molar-refractivity contribution in [2.24, 2.45) is 7.05 Å².